The average molecular weight is 722 g/mol. The van der Waals surface area contributed by atoms with E-state index >= 15 is 0 Å². The van der Waals surface area contributed by atoms with Crippen molar-refractivity contribution in [2.45, 2.75) is 32.9 Å². The standard InChI is InChI=1S/C38H40ClN9O4/c1-24-36(25(2)44-43-24)26-8-11-31(12-9-26)41-37(49)33(42-38(50)35-14-15-40-47(35)3)22-30-21-28(10-13-32(30)39)27-6-5-7-29(20-27)34-23-48(46-45-34)16-17-52-19-18-51-4/h5-15,20-21,23,33H,16-19,22H2,1-4H3,(H,41,49)(H,42,50)(H,43,44). The summed E-state index contributed by atoms with van der Waals surface area (Å²) < 4.78 is 13.8. The highest BCUT2D eigenvalue weighted by Gasteiger charge is 2.25. The Hall–Kier alpha value is -5.63. The molecule has 6 aromatic rings. The van der Waals surface area contributed by atoms with Crippen LogP contribution in [0, 0.1) is 13.8 Å². The lowest BCUT2D eigenvalue weighted by molar-refractivity contribution is -0.118. The van der Waals surface area contributed by atoms with Crippen LogP contribution in [-0.2, 0) is 34.3 Å². The van der Waals surface area contributed by atoms with Gasteiger partial charge in [0.2, 0.25) is 5.91 Å². The predicted molar refractivity (Wildman–Crippen MR) is 199 cm³/mol. The van der Waals surface area contributed by atoms with Crippen LogP contribution in [0.15, 0.2) is 85.2 Å². The Morgan fingerprint density at radius 2 is 1.71 bits per heavy atom. The van der Waals surface area contributed by atoms with Gasteiger partial charge in [0.05, 0.1) is 38.3 Å². The van der Waals surface area contributed by atoms with Crippen molar-refractivity contribution < 1.29 is 19.1 Å². The minimum atomic E-state index is -0.965. The number of aromatic amines is 1. The van der Waals surface area contributed by atoms with Crippen LogP contribution in [0.4, 0.5) is 5.69 Å². The largest absolute Gasteiger partial charge is 0.382 e. The highest BCUT2D eigenvalue weighted by atomic mass is 35.5. The zero-order valence-corrected chi connectivity index (χ0v) is 30.1. The maximum atomic E-state index is 13.9. The molecule has 13 nitrogen and oxygen atoms in total. The van der Waals surface area contributed by atoms with Gasteiger partial charge in [-0.3, -0.25) is 19.4 Å². The Morgan fingerprint density at radius 3 is 2.44 bits per heavy atom. The molecule has 3 N–H and O–H groups in total. The fraction of sp³-hybridized carbons (Fsp3) is 0.263. The summed E-state index contributed by atoms with van der Waals surface area (Å²) in [5.41, 5.74) is 8.87. The number of rotatable bonds is 15. The van der Waals surface area contributed by atoms with E-state index in [1.165, 1.54) is 10.9 Å². The number of anilines is 1. The van der Waals surface area contributed by atoms with Gasteiger partial charge >= 0.3 is 0 Å². The number of H-pyrrole nitrogens is 1. The maximum absolute atomic E-state index is 13.9. The molecular formula is C38H40ClN9O4. The summed E-state index contributed by atoms with van der Waals surface area (Å²) in [7, 11) is 3.31. The van der Waals surface area contributed by atoms with Gasteiger partial charge in [-0.1, -0.05) is 53.2 Å². The fourth-order valence-corrected chi connectivity index (χ4v) is 6.09. The average Bonchev–Trinajstić information content (AvgIpc) is 3.89. The fourth-order valence-electron chi connectivity index (χ4n) is 5.90. The van der Waals surface area contributed by atoms with Crippen molar-refractivity contribution in [3.63, 3.8) is 0 Å². The van der Waals surface area contributed by atoms with Gasteiger partial charge in [-0.05, 0) is 72.5 Å². The summed E-state index contributed by atoms with van der Waals surface area (Å²) in [5, 5.41) is 26.3. The van der Waals surface area contributed by atoms with E-state index in [0.717, 1.165) is 44.9 Å². The molecule has 3 heterocycles. The van der Waals surface area contributed by atoms with E-state index in [1.54, 1.807) is 31.0 Å². The number of ether oxygens (including phenoxy) is 2. The van der Waals surface area contributed by atoms with Crippen LogP contribution < -0.4 is 10.6 Å². The van der Waals surface area contributed by atoms with Crippen molar-refractivity contribution in [3.05, 3.63) is 113 Å². The molecule has 0 spiro atoms. The molecule has 0 radical (unpaired) electrons. The second-order valence-corrected chi connectivity index (χ2v) is 12.7. The van der Waals surface area contributed by atoms with E-state index in [1.807, 2.05) is 80.7 Å². The summed E-state index contributed by atoms with van der Waals surface area (Å²) in [4.78, 5) is 27.2. The number of carbonyl (C=O) groups is 2. The molecule has 268 valence electrons. The molecule has 1 atom stereocenters. The number of hydrogen-bond acceptors (Lipinski definition) is 8. The van der Waals surface area contributed by atoms with Gasteiger partial charge in [-0.15, -0.1) is 5.10 Å². The first-order valence-electron chi connectivity index (χ1n) is 16.8. The Kier molecular flexibility index (Phi) is 11.5. The van der Waals surface area contributed by atoms with Crippen LogP contribution >= 0.6 is 11.6 Å². The Bertz CT molecular complexity index is 2140. The van der Waals surface area contributed by atoms with Crippen molar-refractivity contribution in [1.29, 1.82) is 0 Å². The van der Waals surface area contributed by atoms with Crippen molar-refractivity contribution in [1.82, 2.24) is 40.3 Å². The minimum absolute atomic E-state index is 0.133. The maximum Gasteiger partial charge on any atom is 0.270 e. The summed E-state index contributed by atoms with van der Waals surface area (Å²) >= 11 is 6.74. The van der Waals surface area contributed by atoms with E-state index in [0.29, 0.717) is 48.3 Å². The van der Waals surface area contributed by atoms with Crippen LogP contribution in [0.25, 0.3) is 33.5 Å². The summed E-state index contributed by atoms with van der Waals surface area (Å²) in [6.45, 7) is 6.03. The highest BCUT2D eigenvalue weighted by Crippen LogP contribution is 2.30. The van der Waals surface area contributed by atoms with Crippen molar-refractivity contribution >= 4 is 29.1 Å². The number of nitrogens with zero attached hydrogens (tertiary/aromatic N) is 6. The number of benzene rings is 3. The van der Waals surface area contributed by atoms with E-state index in [9.17, 15) is 9.59 Å². The molecular weight excluding hydrogens is 682 g/mol. The molecule has 52 heavy (non-hydrogen) atoms. The normalized spacial score (nSPS) is 11.8. The lowest BCUT2D eigenvalue weighted by atomic mass is 9.97. The number of methoxy groups -OCH3 is 1. The lowest BCUT2D eigenvalue weighted by Gasteiger charge is -2.20. The molecule has 3 aromatic carbocycles. The Labute approximate surface area is 306 Å². The molecule has 0 aliphatic heterocycles. The number of amides is 2. The summed E-state index contributed by atoms with van der Waals surface area (Å²) in [6, 6.07) is 21.8. The number of aromatic nitrogens is 7. The van der Waals surface area contributed by atoms with Crippen LogP contribution in [0.3, 0.4) is 0 Å². The molecule has 0 fully saturated rings. The number of halogens is 1. The number of carbonyl (C=O) groups excluding carboxylic acids is 2. The van der Waals surface area contributed by atoms with Crippen LogP contribution in [0.5, 0.6) is 0 Å². The van der Waals surface area contributed by atoms with Gasteiger partial charge in [-0.2, -0.15) is 10.2 Å². The van der Waals surface area contributed by atoms with Crippen molar-refractivity contribution in [2.75, 3.05) is 32.2 Å². The molecule has 0 saturated carbocycles. The molecule has 1 unspecified atom stereocenters. The Morgan fingerprint density at radius 1 is 0.942 bits per heavy atom. The monoisotopic (exact) mass is 721 g/mol. The smallest absolute Gasteiger partial charge is 0.270 e. The summed E-state index contributed by atoms with van der Waals surface area (Å²) in [5.74, 6) is -0.828. The molecule has 2 amide bonds. The zero-order chi connectivity index (χ0) is 36.6. The van der Waals surface area contributed by atoms with Gasteiger partial charge < -0.3 is 20.1 Å². The second kappa shape index (κ2) is 16.6. The molecule has 0 saturated heterocycles. The first-order valence-corrected chi connectivity index (χ1v) is 17.2. The van der Waals surface area contributed by atoms with Gasteiger partial charge in [0, 0.05) is 54.3 Å². The number of nitrogens with one attached hydrogen (secondary N) is 3. The Balaban J connectivity index is 1.21. The van der Waals surface area contributed by atoms with Crippen molar-refractivity contribution in [3.8, 4) is 33.5 Å². The van der Waals surface area contributed by atoms with Gasteiger partial charge in [-0.25, -0.2) is 4.68 Å². The van der Waals surface area contributed by atoms with E-state index in [-0.39, 0.29) is 6.42 Å². The highest BCUT2D eigenvalue weighted by molar-refractivity contribution is 6.31. The topological polar surface area (TPSA) is 154 Å². The molecule has 0 aliphatic rings. The summed E-state index contributed by atoms with van der Waals surface area (Å²) in [6.07, 6.45) is 3.55. The minimum Gasteiger partial charge on any atom is -0.382 e. The van der Waals surface area contributed by atoms with Gasteiger partial charge in [0.1, 0.15) is 17.4 Å². The van der Waals surface area contributed by atoms with Gasteiger partial charge in [0.25, 0.3) is 5.91 Å². The van der Waals surface area contributed by atoms with Crippen LogP contribution in [0.1, 0.15) is 27.4 Å². The quantitative estimate of drug-likeness (QED) is 0.115. The first-order chi connectivity index (χ1) is 25.2. The first kappa shape index (κ1) is 36.2. The molecule has 3 aromatic heterocycles. The van der Waals surface area contributed by atoms with Gasteiger partial charge in [0.15, 0.2) is 0 Å². The zero-order valence-electron chi connectivity index (χ0n) is 29.4. The third kappa shape index (κ3) is 8.62. The van der Waals surface area contributed by atoms with E-state index < -0.39 is 17.9 Å². The van der Waals surface area contributed by atoms with Crippen LogP contribution in [0.2, 0.25) is 5.02 Å². The van der Waals surface area contributed by atoms with Crippen LogP contribution in [-0.4, -0.2) is 79.8 Å². The van der Waals surface area contributed by atoms with E-state index in [2.05, 4.69) is 36.2 Å². The number of hydrogen-bond donors (Lipinski definition) is 3. The van der Waals surface area contributed by atoms with E-state index in [4.69, 9.17) is 21.1 Å². The predicted octanol–water partition coefficient (Wildman–Crippen LogP) is 5.65. The molecule has 6 rings (SSSR count). The SMILES string of the molecule is COCCOCCn1cc(-c2cccc(-c3ccc(Cl)c(CC(NC(=O)c4ccnn4C)C(=O)Nc4ccc(-c5c(C)n[nH]c5C)cc4)c3)c2)nn1. The second-order valence-electron chi connectivity index (χ2n) is 12.3. The molecule has 0 bridgehead atoms. The third-order valence-electron chi connectivity index (χ3n) is 8.64. The van der Waals surface area contributed by atoms with Crippen molar-refractivity contribution in [2.24, 2.45) is 7.05 Å². The molecule has 14 heteroatoms. The lowest BCUT2D eigenvalue weighted by Crippen LogP contribution is -2.45. The third-order valence-corrected chi connectivity index (χ3v) is 9.01. The number of aryl methyl sites for hydroxylation is 3. The molecule has 0 aliphatic carbocycles.